The Morgan fingerprint density at radius 1 is 0.531 bits per heavy atom. The number of ether oxygens (including phenoxy) is 1. The molecule has 0 fully saturated rings. The van der Waals surface area contributed by atoms with Crippen molar-refractivity contribution in [1.29, 1.82) is 0 Å². The minimum Gasteiger partial charge on any atom is -0.756 e. The van der Waals surface area contributed by atoms with Crippen LogP contribution in [0, 0.1) is 0 Å². The molecule has 0 heterocycles. The molecule has 10 heteroatoms. The molecule has 0 bridgehead atoms. The van der Waals surface area contributed by atoms with Gasteiger partial charge in [-0.1, -0.05) is 239 Å². The molecule has 0 spiro atoms. The van der Waals surface area contributed by atoms with Crippen molar-refractivity contribution in [3.05, 3.63) is 12.2 Å². The van der Waals surface area contributed by atoms with Crippen molar-refractivity contribution in [3.8, 4) is 0 Å². The zero-order valence-corrected chi connectivity index (χ0v) is 44.2. The first-order valence-corrected chi connectivity index (χ1v) is 29.0. The van der Waals surface area contributed by atoms with Gasteiger partial charge in [-0.15, -0.1) is 0 Å². The van der Waals surface area contributed by atoms with Crippen molar-refractivity contribution in [1.82, 2.24) is 5.32 Å². The number of carbonyl (C=O) groups excluding carboxylic acids is 2. The maximum Gasteiger partial charge on any atom is 0.306 e. The number of hydrogen-bond acceptors (Lipinski definition) is 7. The molecule has 9 nitrogen and oxygen atoms in total. The molecule has 0 aromatic heterocycles. The fourth-order valence-corrected chi connectivity index (χ4v) is 8.89. The normalized spacial score (nSPS) is 13.9. The minimum absolute atomic E-state index is 0.0172. The predicted molar refractivity (Wildman–Crippen MR) is 270 cm³/mol. The van der Waals surface area contributed by atoms with Crippen LogP contribution in [0.4, 0.5) is 0 Å². The highest BCUT2D eigenvalue weighted by molar-refractivity contribution is 7.45. The van der Waals surface area contributed by atoms with E-state index in [1.54, 1.807) is 0 Å². The van der Waals surface area contributed by atoms with E-state index in [1.807, 2.05) is 33.3 Å². The lowest BCUT2D eigenvalue weighted by Crippen LogP contribution is -2.47. The van der Waals surface area contributed by atoms with Gasteiger partial charge in [0.05, 0.1) is 33.8 Å². The van der Waals surface area contributed by atoms with Crippen LogP contribution in [0.5, 0.6) is 0 Å². The molecule has 3 unspecified atom stereocenters. The Morgan fingerprint density at radius 3 is 1.28 bits per heavy atom. The maximum absolute atomic E-state index is 13.4. The number of allylic oxidation sites excluding steroid dienone is 1. The highest BCUT2D eigenvalue weighted by Gasteiger charge is 2.27. The van der Waals surface area contributed by atoms with Gasteiger partial charge in [0.25, 0.3) is 7.82 Å². The van der Waals surface area contributed by atoms with E-state index in [1.165, 1.54) is 180 Å². The minimum atomic E-state index is -4.68. The summed E-state index contributed by atoms with van der Waals surface area (Å²) in [5.41, 5.74) is 0. The average molecular weight is 927 g/mol. The third-order valence-electron chi connectivity index (χ3n) is 12.5. The van der Waals surface area contributed by atoms with Crippen LogP contribution in [0.15, 0.2) is 12.2 Å². The highest BCUT2D eigenvalue weighted by atomic mass is 31.2. The summed E-state index contributed by atoms with van der Waals surface area (Å²) in [6, 6.07) is -0.877. The molecule has 3 atom stereocenters. The molecule has 0 saturated heterocycles. The summed E-state index contributed by atoms with van der Waals surface area (Å²) in [5, 5.41) is 3.02. The van der Waals surface area contributed by atoms with Crippen LogP contribution in [-0.2, 0) is 27.9 Å². The molecule has 1 N–H and O–H groups in total. The largest absolute Gasteiger partial charge is 0.756 e. The zero-order chi connectivity index (χ0) is 47.3. The van der Waals surface area contributed by atoms with E-state index in [2.05, 4.69) is 26.1 Å². The zero-order valence-electron chi connectivity index (χ0n) is 43.3. The molecule has 0 radical (unpaired) electrons. The quantitative estimate of drug-likeness (QED) is 0.0212. The fraction of sp³-hybridized carbons (Fsp3) is 0.926. The predicted octanol–water partition coefficient (Wildman–Crippen LogP) is 15.4. The van der Waals surface area contributed by atoms with Gasteiger partial charge in [-0.25, -0.2) is 0 Å². The molecule has 0 aliphatic rings. The van der Waals surface area contributed by atoms with Gasteiger partial charge in [0.1, 0.15) is 19.3 Å². The Balaban J connectivity index is 5.37. The van der Waals surface area contributed by atoms with E-state index in [-0.39, 0.29) is 31.5 Å². The number of amides is 1. The van der Waals surface area contributed by atoms with Crippen LogP contribution in [-0.4, -0.2) is 69.4 Å². The Kier molecular flexibility index (Phi) is 44.6. The van der Waals surface area contributed by atoms with Gasteiger partial charge in [0, 0.05) is 12.8 Å². The van der Waals surface area contributed by atoms with E-state index in [9.17, 15) is 19.0 Å². The topological polar surface area (TPSA) is 114 Å². The number of rotatable bonds is 50. The number of phosphoric ester groups is 1. The second-order valence-electron chi connectivity index (χ2n) is 20.1. The summed E-state index contributed by atoms with van der Waals surface area (Å²) < 4.78 is 30.2. The number of likely N-dealkylation sites (N-methyl/N-ethyl adjacent to an activating group) is 1. The average Bonchev–Trinajstić information content (AvgIpc) is 3.25. The van der Waals surface area contributed by atoms with Gasteiger partial charge < -0.3 is 28.5 Å². The van der Waals surface area contributed by atoms with Crippen molar-refractivity contribution in [2.24, 2.45) is 0 Å². The Hall–Kier alpha value is -1.25. The van der Waals surface area contributed by atoms with Gasteiger partial charge in [0.15, 0.2) is 0 Å². The van der Waals surface area contributed by atoms with Crippen molar-refractivity contribution < 1.29 is 37.3 Å². The number of nitrogens with zero attached hydrogens (tertiary/aromatic N) is 1. The maximum atomic E-state index is 13.4. The second kappa shape index (κ2) is 45.5. The summed E-state index contributed by atoms with van der Waals surface area (Å²) in [4.78, 5) is 39.7. The second-order valence-corrected chi connectivity index (χ2v) is 21.5. The van der Waals surface area contributed by atoms with Crippen LogP contribution in [0.2, 0.25) is 0 Å². The van der Waals surface area contributed by atoms with E-state index in [0.717, 1.165) is 57.8 Å². The smallest absolute Gasteiger partial charge is 0.306 e. The molecule has 0 aromatic rings. The number of esters is 1. The van der Waals surface area contributed by atoms with Crippen molar-refractivity contribution in [2.45, 2.75) is 283 Å². The van der Waals surface area contributed by atoms with Gasteiger partial charge in [-0.3, -0.25) is 14.2 Å². The molecule has 0 rings (SSSR count). The number of phosphoric acid groups is 1. The monoisotopic (exact) mass is 927 g/mol. The highest BCUT2D eigenvalue weighted by Crippen LogP contribution is 2.38. The Labute approximate surface area is 397 Å². The molecule has 64 heavy (non-hydrogen) atoms. The van der Waals surface area contributed by atoms with Gasteiger partial charge in [0.2, 0.25) is 5.91 Å². The molecular formula is C54H107N2O7P. The summed E-state index contributed by atoms with van der Waals surface area (Å²) in [6.07, 6.45) is 48.8. The number of carbonyl (C=O) groups is 2. The molecular weight excluding hydrogens is 820 g/mol. The van der Waals surface area contributed by atoms with E-state index in [0.29, 0.717) is 17.4 Å². The third kappa shape index (κ3) is 45.9. The van der Waals surface area contributed by atoms with Crippen LogP contribution < -0.4 is 10.2 Å². The first kappa shape index (κ1) is 62.8. The third-order valence-corrected chi connectivity index (χ3v) is 13.4. The number of hydrogen-bond donors (Lipinski definition) is 1. The summed E-state index contributed by atoms with van der Waals surface area (Å²) in [6.45, 7) is 6.86. The van der Waals surface area contributed by atoms with Crippen LogP contribution in [0.25, 0.3) is 0 Å². The molecule has 1 amide bonds. The first-order chi connectivity index (χ1) is 30.9. The Morgan fingerprint density at radius 2 is 0.891 bits per heavy atom. The van der Waals surface area contributed by atoms with E-state index in [4.69, 9.17) is 13.8 Å². The molecule has 0 aromatic carbocycles. The van der Waals surface area contributed by atoms with Crippen LogP contribution in [0.3, 0.4) is 0 Å². The SMILES string of the molecule is CCCCCCCCCCCC/C=C/C(OC(=O)CCCCCCCCCCCCCCC)C(COP(=O)([O-])OCC[N+](C)(C)C)NC(=O)CCCCCCCCCCCCCCC. The van der Waals surface area contributed by atoms with Crippen molar-refractivity contribution in [2.75, 3.05) is 40.9 Å². The number of quaternary nitrogens is 1. The van der Waals surface area contributed by atoms with E-state index < -0.39 is 20.0 Å². The number of unbranched alkanes of at least 4 members (excludes halogenated alkanes) is 34. The standard InChI is InChI=1S/C54H107N2O7P/c1-7-10-13-16-19-22-25-28-31-34-37-40-43-46-53(57)55-51(50-62-64(59,60)61-49-48-56(4,5)6)52(45-42-39-36-33-30-27-24-21-18-15-12-9-3)63-54(58)47-44-41-38-35-32-29-26-23-20-17-14-11-8-2/h42,45,51-52H,7-41,43-44,46-50H2,1-6H3,(H-,55,57,59,60)/b45-42+. The van der Waals surface area contributed by atoms with Gasteiger partial charge >= 0.3 is 5.97 Å². The Bertz CT molecular complexity index is 1110. The summed E-state index contributed by atoms with van der Waals surface area (Å²) >= 11 is 0. The first-order valence-electron chi connectivity index (χ1n) is 27.5. The number of nitrogens with one attached hydrogen (secondary N) is 1. The summed E-state index contributed by atoms with van der Waals surface area (Å²) in [5.74, 6) is -0.527. The fourth-order valence-electron chi connectivity index (χ4n) is 8.17. The molecule has 0 aliphatic carbocycles. The summed E-state index contributed by atoms with van der Waals surface area (Å²) in [7, 11) is 1.20. The van der Waals surface area contributed by atoms with Crippen LogP contribution >= 0.6 is 7.82 Å². The lowest BCUT2D eigenvalue weighted by Gasteiger charge is -2.30. The van der Waals surface area contributed by atoms with Crippen molar-refractivity contribution >= 4 is 19.7 Å². The molecule has 380 valence electrons. The lowest BCUT2D eigenvalue weighted by atomic mass is 10.0. The van der Waals surface area contributed by atoms with Crippen LogP contribution in [0.1, 0.15) is 271 Å². The molecule has 0 aliphatic heterocycles. The van der Waals surface area contributed by atoms with Crippen molar-refractivity contribution in [3.63, 3.8) is 0 Å². The van der Waals surface area contributed by atoms with Gasteiger partial charge in [-0.05, 0) is 31.8 Å². The molecule has 0 saturated carbocycles. The van der Waals surface area contributed by atoms with Gasteiger partial charge in [-0.2, -0.15) is 0 Å². The van der Waals surface area contributed by atoms with E-state index >= 15 is 0 Å². The lowest BCUT2D eigenvalue weighted by molar-refractivity contribution is -0.870.